The van der Waals surface area contributed by atoms with Gasteiger partial charge in [0.1, 0.15) is 0 Å². The van der Waals surface area contributed by atoms with Crippen LogP contribution in [0.25, 0.3) is 11.1 Å². The summed E-state index contributed by atoms with van der Waals surface area (Å²) in [6.07, 6.45) is 2.73. The van der Waals surface area contributed by atoms with Gasteiger partial charge in [0, 0.05) is 23.3 Å². The molecule has 1 aliphatic carbocycles. The number of amides is 2. The highest BCUT2D eigenvalue weighted by Gasteiger charge is 2.51. The van der Waals surface area contributed by atoms with Crippen LogP contribution in [0.5, 0.6) is 0 Å². The zero-order chi connectivity index (χ0) is 17.1. The molecule has 1 fully saturated rings. The lowest BCUT2D eigenvalue weighted by Crippen LogP contribution is -2.44. The highest BCUT2D eigenvalue weighted by Crippen LogP contribution is 2.50. The Bertz CT molecular complexity index is 870. The van der Waals surface area contributed by atoms with Gasteiger partial charge in [-0.05, 0) is 30.5 Å². The first-order valence-electron chi connectivity index (χ1n) is 7.70. The molecule has 1 aliphatic heterocycles. The van der Waals surface area contributed by atoms with Crippen LogP contribution in [-0.2, 0) is 12.1 Å². The van der Waals surface area contributed by atoms with E-state index < -0.39 is 12.0 Å². The van der Waals surface area contributed by atoms with Crippen LogP contribution in [-0.4, -0.2) is 33.1 Å². The number of halogens is 1. The van der Waals surface area contributed by atoms with Crippen LogP contribution in [0.3, 0.4) is 0 Å². The Hall–Kier alpha value is -2.47. The third-order valence-corrected chi connectivity index (χ3v) is 5.16. The lowest BCUT2D eigenvalue weighted by molar-refractivity contribution is 0.0987. The molecule has 1 aromatic carbocycles. The summed E-state index contributed by atoms with van der Waals surface area (Å²) in [4.78, 5) is 25.0. The highest BCUT2D eigenvalue weighted by atomic mass is 35.5. The molecule has 7 heteroatoms. The van der Waals surface area contributed by atoms with Gasteiger partial charge in [-0.3, -0.25) is 4.79 Å². The molecule has 124 valence electrons. The van der Waals surface area contributed by atoms with Crippen LogP contribution in [0, 0.1) is 0 Å². The van der Waals surface area contributed by atoms with E-state index in [1.165, 1.54) is 4.90 Å². The number of rotatable bonds is 2. The molecule has 0 bridgehead atoms. The third kappa shape index (κ3) is 2.17. The number of carboxylic acid groups (broad SMARTS) is 1. The molecule has 1 spiro atoms. The number of carbonyl (C=O) groups excluding carboxylic acids is 1. The Morgan fingerprint density at radius 1 is 1.29 bits per heavy atom. The normalized spacial score (nSPS) is 17.6. The van der Waals surface area contributed by atoms with E-state index >= 15 is 0 Å². The molecule has 0 saturated heterocycles. The van der Waals surface area contributed by atoms with E-state index in [1.54, 1.807) is 12.1 Å². The predicted molar refractivity (Wildman–Crippen MR) is 89.0 cm³/mol. The minimum absolute atomic E-state index is 0.163. The molecule has 24 heavy (non-hydrogen) atoms. The van der Waals surface area contributed by atoms with Crippen LogP contribution in [0.15, 0.2) is 30.5 Å². The second-order valence-corrected chi connectivity index (χ2v) is 6.91. The molecule has 1 saturated carbocycles. The molecule has 0 unspecified atom stereocenters. The SMILES string of the molecule is NC(=O)c1c(-c2cccc(Cl)c2)cn2c1CN(C(=O)O)CC21CC1. The number of nitrogens with zero attached hydrogens (tertiary/aromatic N) is 2. The van der Waals surface area contributed by atoms with Gasteiger partial charge in [0.25, 0.3) is 5.91 Å². The highest BCUT2D eigenvalue weighted by molar-refractivity contribution is 6.30. The first-order valence-corrected chi connectivity index (χ1v) is 8.07. The maximum atomic E-state index is 12.1. The fourth-order valence-electron chi connectivity index (χ4n) is 3.62. The number of nitrogens with two attached hydrogens (primary N) is 1. The maximum Gasteiger partial charge on any atom is 0.407 e. The second kappa shape index (κ2) is 5.01. The van der Waals surface area contributed by atoms with Crippen LogP contribution >= 0.6 is 11.6 Å². The Morgan fingerprint density at radius 2 is 2.04 bits per heavy atom. The number of primary amides is 1. The summed E-state index contributed by atoms with van der Waals surface area (Å²) in [5.41, 5.74) is 7.96. The molecule has 2 aliphatic rings. The van der Waals surface area contributed by atoms with Gasteiger partial charge in [0.05, 0.1) is 23.3 Å². The van der Waals surface area contributed by atoms with Gasteiger partial charge in [-0.15, -0.1) is 0 Å². The van der Waals surface area contributed by atoms with E-state index in [2.05, 4.69) is 4.57 Å². The van der Waals surface area contributed by atoms with Crippen LogP contribution in [0.4, 0.5) is 4.79 Å². The summed E-state index contributed by atoms with van der Waals surface area (Å²) in [6.45, 7) is 0.604. The Balaban J connectivity index is 1.92. The van der Waals surface area contributed by atoms with Gasteiger partial charge < -0.3 is 20.3 Å². The molecule has 2 amide bonds. The fourth-order valence-corrected chi connectivity index (χ4v) is 3.81. The van der Waals surface area contributed by atoms with Crippen molar-refractivity contribution in [3.05, 3.63) is 46.7 Å². The molecule has 2 aromatic rings. The van der Waals surface area contributed by atoms with E-state index in [9.17, 15) is 14.7 Å². The molecule has 1 aromatic heterocycles. The summed E-state index contributed by atoms with van der Waals surface area (Å²) < 4.78 is 2.06. The van der Waals surface area contributed by atoms with Crippen molar-refractivity contribution < 1.29 is 14.7 Å². The number of fused-ring (bicyclic) bond motifs is 2. The Morgan fingerprint density at radius 3 is 2.62 bits per heavy atom. The summed E-state index contributed by atoms with van der Waals surface area (Å²) in [5.74, 6) is -0.554. The van der Waals surface area contributed by atoms with Crippen LogP contribution in [0.1, 0.15) is 28.9 Å². The minimum Gasteiger partial charge on any atom is -0.465 e. The number of hydrogen-bond acceptors (Lipinski definition) is 2. The van der Waals surface area contributed by atoms with Gasteiger partial charge >= 0.3 is 6.09 Å². The minimum atomic E-state index is -0.978. The molecule has 2 heterocycles. The van der Waals surface area contributed by atoms with Crippen molar-refractivity contribution in [2.75, 3.05) is 6.54 Å². The fraction of sp³-hybridized carbons (Fsp3) is 0.294. The predicted octanol–water partition coefficient (Wildman–Crippen LogP) is 2.89. The lowest BCUT2D eigenvalue weighted by Gasteiger charge is -2.34. The molecule has 4 rings (SSSR count). The van der Waals surface area contributed by atoms with E-state index in [0.29, 0.717) is 28.4 Å². The molecule has 3 N–H and O–H groups in total. The van der Waals surface area contributed by atoms with Crippen molar-refractivity contribution in [1.29, 1.82) is 0 Å². The van der Waals surface area contributed by atoms with Crippen LogP contribution in [0.2, 0.25) is 5.02 Å². The number of carbonyl (C=O) groups is 2. The Kier molecular flexibility index (Phi) is 3.15. The first kappa shape index (κ1) is 15.1. The van der Waals surface area contributed by atoms with Crippen molar-refractivity contribution in [2.24, 2.45) is 5.73 Å². The number of aromatic nitrogens is 1. The van der Waals surface area contributed by atoms with Crippen molar-refractivity contribution in [1.82, 2.24) is 9.47 Å². The van der Waals surface area contributed by atoms with Gasteiger partial charge in [0.15, 0.2) is 0 Å². The quantitative estimate of drug-likeness (QED) is 0.877. The zero-order valence-electron chi connectivity index (χ0n) is 12.8. The van der Waals surface area contributed by atoms with Gasteiger partial charge in [-0.25, -0.2) is 4.79 Å². The smallest absolute Gasteiger partial charge is 0.407 e. The molecule has 0 atom stereocenters. The summed E-state index contributed by atoms with van der Waals surface area (Å²) >= 11 is 6.08. The average Bonchev–Trinajstić information content (AvgIpc) is 3.16. The summed E-state index contributed by atoms with van der Waals surface area (Å²) in [5, 5.41) is 9.97. The van der Waals surface area contributed by atoms with Crippen molar-refractivity contribution in [2.45, 2.75) is 24.9 Å². The zero-order valence-corrected chi connectivity index (χ0v) is 13.6. The Labute approximate surface area is 143 Å². The third-order valence-electron chi connectivity index (χ3n) is 4.92. The van der Waals surface area contributed by atoms with Crippen molar-refractivity contribution in [3.63, 3.8) is 0 Å². The largest absolute Gasteiger partial charge is 0.465 e. The number of hydrogen-bond donors (Lipinski definition) is 2. The van der Waals surface area contributed by atoms with E-state index in [0.717, 1.165) is 18.4 Å². The number of benzene rings is 1. The first-order chi connectivity index (χ1) is 11.4. The average molecular weight is 346 g/mol. The van der Waals surface area contributed by atoms with Crippen LogP contribution < -0.4 is 5.73 Å². The molecule has 6 nitrogen and oxygen atoms in total. The van der Waals surface area contributed by atoms with Crippen molar-refractivity contribution in [3.8, 4) is 11.1 Å². The topological polar surface area (TPSA) is 88.6 Å². The van der Waals surface area contributed by atoms with E-state index in [1.807, 2.05) is 18.3 Å². The van der Waals surface area contributed by atoms with Crippen molar-refractivity contribution >= 4 is 23.6 Å². The van der Waals surface area contributed by atoms with E-state index in [4.69, 9.17) is 17.3 Å². The molecule has 0 radical (unpaired) electrons. The summed E-state index contributed by atoms with van der Waals surface area (Å²) in [6, 6.07) is 7.23. The van der Waals surface area contributed by atoms with Gasteiger partial charge in [0.2, 0.25) is 0 Å². The monoisotopic (exact) mass is 345 g/mol. The standard InChI is InChI=1S/C17H16ClN3O3/c18-11-3-1-2-10(6-11)12-7-21-13(14(12)15(19)22)8-20(16(23)24)9-17(21)4-5-17/h1-3,6-7H,4-5,8-9H2,(H2,19,22)(H,23,24). The van der Waals surface area contributed by atoms with E-state index in [-0.39, 0.29) is 12.1 Å². The molecular formula is C17H16ClN3O3. The summed E-state index contributed by atoms with van der Waals surface area (Å²) in [7, 11) is 0. The van der Waals surface area contributed by atoms with Gasteiger partial charge in [-0.1, -0.05) is 23.7 Å². The lowest BCUT2D eigenvalue weighted by atomic mass is 10.0. The maximum absolute atomic E-state index is 12.1. The van der Waals surface area contributed by atoms with Gasteiger partial charge in [-0.2, -0.15) is 0 Å². The second-order valence-electron chi connectivity index (χ2n) is 6.47. The molecular weight excluding hydrogens is 330 g/mol.